The minimum absolute atomic E-state index is 0.0970. The molecule has 2 saturated carbocycles. The van der Waals surface area contributed by atoms with Crippen molar-refractivity contribution in [3.05, 3.63) is 72.4 Å². The summed E-state index contributed by atoms with van der Waals surface area (Å²) in [6, 6.07) is 16.9. The van der Waals surface area contributed by atoms with Gasteiger partial charge >= 0.3 is 12.2 Å². The van der Waals surface area contributed by atoms with Crippen LogP contribution in [-0.2, 0) is 19.1 Å². The molecule has 334 valence electrons. The van der Waals surface area contributed by atoms with Crippen LogP contribution in [0.2, 0.25) is 0 Å². The molecule has 10 rings (SSSR count). The van der Waals surface area contributed by atoms with Crippen LogP contribution in [0.15, 0.2) is 65.2 Å². The highest BCUT2D eigenvalue weighted by molar-refractivity contribution is 6.07. The van der Waals surface area contributed by atoms with Gasteiger partial charge in [-0.3, -0.25) is 9.59 Å². The Morgan fingerprint density at radius 2 is 1.41 bits per heavy atom. The molecule has 0 radical (unpaired) electrons. The maximum atomic E-state index is 14.2. The van der Waals surface area contributed by atoms with Gasteiger partial charge < -0.3 is 44.3 Å². The zero-order valence-electron chi connectivity index (χ0n) is 37.2. The van der Waals surface area contributed by atoms with E-state index in [2.05, 4.69) is 63.1 Å². The Balaban J connectivity index is 0.898. The van der Waals surface area contributed by atoms with Crippen molar-refractivity contribution >= 4 is 57.0 Å². The first kappa shape index (κ1) is 41.6. The summed E-state index contributed by atoms with van der Waals surface area (Å²) in [6.45, 7) is 8.36. The lowest BCUT2D eigenvalue weighted by molar-refractivity contribution is -0.141. The number of fused-ring (bicyclic) bond motifs is 6. The second-order valence-electron chi connectivity index (χ2n) is 19.3. The van der Waals surface area contributed by atoms with Crippen molar-refractivity contribution in [2.24, 2.45) is 23.2 Å². The van der Waals surface area contributed by atoms with Crippen LogP contribution in [-0.4, -0.2) is 92.6 Å². The number of rotatable bonds is 10. The molecule has 4 N–H and O–H groups in total. The first-order valence-electron chi connectivity index (χ1n) is 22.6. The van der Waals surface area contributed by atoms with Crippen LogP contribution in [0.25, 0.3) is 55.4 Å². The van der Waals surface area contributed by atoms with E-state index in [0.29, 0.717) is 12.5 Å². The third kappa shape index (κ3) is 7.41. The van der Waals surface area contributed by atoms with Crippen LogP contribution in [0.3, 0.4) is 0 Å². The summed E-state index contributed by atoms with van der Waals surface area (Å²) in [5.74, 6) is 1.56. The highest BCUT2D eigenvalue weighted by atomic mass is 16.5. The van der Waals surface area contributed by atoms with Crippen LogP contribution in [0.4, 0.5) is 9.59 Å². The van der Waals surface area contributed by atoms with E-state index in [9.17, 15) is 19.2 Å². The average molecular weight is 869 g/mol. The van der Waals surface area contributed by atoms with E-state index < -0.39 is 24.3 Å². The summed E-state index contributed by atoms with van der Waals surface area (Å²) in [5.41, 5.74) is 7.07. The fourth-order valence-electron chi connectivity index (χ4n) is 10.7. The van der Waals surface area contributed by atoms with Crippen molar-refractivity contribution < 1.29 is 33.1 Å². The van der Waals surface area contributed by atoms with Gasteiger partial charge in [-0.05, 0) is 116 Å². The Labute approximate surface area is 371 Å². The molecule has 2 bridgehead atoms. The Morgan fingerprint density at radius 3 is 2.08 bits per heavy atom. The highest BCUT2D eigenvalue weighted by Crippen LogP contribution is 2.58. The van der Waals surface area contributed by atoms with Crippen molar-refractivity contribution in [1.29, 1.82) is 0 Å². The number of likely N-dealkylation sites (tertiary alicyclic amines) is 2. The Morgan fingerprint density at radius 1 is 0.766 bits per heavy atom. The molecule has 1 spiro atoms. The number of nitrogens with one attached hydrogen (secondary N) is 4. The summed E-state index contributed by atoms with van der Waals surface area (Å²) >= 11 is 0. The number of carbonyl (C=O) groups excluding carboxylic acids is 4. The van der Waals surface area contributed by atoms with Crippen LogP contribution in [0.5, 0.6) is 0 Å². The smallest absolute Gasteiger partial charge is 0.407 e. The second kappa shape index (κ2) is 16.0. The number of benzene rings is 3. The Kier molecular flexibility index (Phi) is 10.4. The first-order valence-corrected chi connectivity index (χ1v) is 22.6. The third-order valence-corrected chi connectivity index (χ3v) is 14.4. The molecule has 0 unspecified atom stereocenters. The van der Waals surface area contributed by atoms with Gasteiger partial charge in [0.25, 0.3) is 0 Å². The van der Waals surface area contributed by atoms with Gasteiger partial charge in [-0.25, -0.2) is 19.6 Å². The predicted molar refractivity (Wildman–Crippen MR) is 241 cm³/mol. The molecule has 64 heavy (non-hydrogen) atoms. The minimum Gasteiger partial charge on any atom is -0.456 e. The molecule has 4 fully saturated rings. The summed E-state index contributed by atoms with van der Waals surface area (Å²) in [5, 5.41) is 7.55. The summed E-state index contributed by atoms with van der Waals surface area (Å²) in [4.78, 5) is 73.5. The maximum absolute atomic E-state index is 14.2. The van der Waals surface area contributed by atoms with Crippen LogP contribution >= 0.6 is 0 Å². The molecule has 6 atom stereocenters. The number of carbonyl (C=O) groups is 4. The number of nitrogens with zero attached hydrogens (tertiary/aromatic N) is 4. The summed E-state index contributed by atoms with van der Waals surface area (Å²) in [7, 11) is 2.61. The van der Waals surface area contributed by atoms with Crippen molar-refractivity contribution in [2.75, 3.05) is 20.8 Å². The van der Waals surface area contributed by atoms with Gasteiger partial charge in [0.2, 0.25) is 11.8 Å². The molecular formula is C49H56N8O7. The van der Waals surface area contributed by atoms with Crippen LogP contribution in [0.1, 0.15) is 96.4 Å². The van der Waals surface area contributed by atoms with E-state index in [-0.39, 0.29) is 47.2 Å². The molecule has 15 nitrogen and oxygen atoms in total. The number of H-pyrrole nitrogens is 2. The van der Waals surface area contributed by atoms with Crippen molar-refractivity contribution in [3.8, 4) is 22.4 Å². The number of hydrogen-bond acceptors (Lipinski definition) is 9. The molecule has 6 aromatic rings. The number of alkyl carbamates (subject to hydrolysis) is 2. The van der Waals surface area contributed by atoms with Gasteiger partial charge in [0.05, 0.1) is 49.2 Å². The number of ether oxygens (including phenoxy) is 2. The Hall–Kier alpha value is -6.38. The molecule has 3 aromatic heterocycles. The zero-order valence-corrected chi connectivity index (χ0v) is 37.2. The van der Waals surface area contributed by atoms with Crippen LogP contribution in [0, 0.1) is 23.2 Å². The van der Waals surface area contributed by atoms with E-state index in [1.165, 1.54) is 14.2 Å². The SMILES string of the molecule is COC(=O)N[C@H](C(=O)N1CC2(CC2)C[C@H]1c1ncc(-c2ccc3c(c2)oc2cc(-c4ccc5nc([C@@H]6C[C@H]7CC[C@H](C7)N6C(=O)[C@@H](NC(=O)OC)C(C)C)[nH]c5c4)ccc23)[nH]1)C(C)C. The van der Waals surface area contributed by atoms with Crippen LogP contribution < -0.4 is 10.6 Å². The van der Waals surface area contributed by atoms with E-state index in [1.807, 2.05) is 55.8 Å². The van der Waals surface area contributed by atoms with Gasteiger partial charge in [-0.1, -0.05) is 45.9 Å². The number of methoxy groups -OCH3 is 2. The number of hydrogen-bond donors (Lipinski definition) is 4. The van der Waals surface area contributed by atoms with Gasteiger partial charge in [-0.15, -0.1) is 0 Å². The summed E-state index contributed by atoms with van der Waals surface area (Å²) in [6.07, 6.45) is 7.36. The molecule has 3 aromatic carbocycles. The lowest BCUT2D eigenvalue weighted by atomic mass is 9.90. The standard InChI is InChI=1S/C49H56N8O7/c1-25(2)41(54-47(60)62-5)45(58)56-24-49(15-16-49)22-38(56)43-50-23-36(53-43)30-9-13-33-32-12-8-29(20-39(32)64-40(33)21-30)28-10-14-34-35(19-28)52-44(51-34)37-18-27-7-11-31(17-27)57(37)46(59)42(26(3)4)55-48(61)63-6/h8-10,12-14,19-21,23,25-27,31,37-38,41-42H,7,11,15-18,22,24H2,1-6H3,(H,50,53)(H,51,52)(H,54,60)(H,55,61)/t27-,31+,37-,38-,41-,42-/m0/s1. The molecule has 2 aliphatic heterocycles. The summed E-state index contributed by atoms with van der Waals surface area (Å²) < 4.78 is 16.2. The van der Waals surface area contributed by atoms with E-state index in [0.717, 1.165) is 112 Å². The molecule has 15 heteroatoms. The number of piperidine rings is 1. The number of imidazole rings is 2. The number of furan rings is 1. The molecule has 2 aliphatic carbocycles. The van der Waals surface area contributed by atoms with Gasteiger partial charge in [0, 0.05) is 28.9 Å². The van der Waals surface area contributed by atoms with E-state index >= 15 is 0 Å². The van der Waals surface area contributed by atoms with Crippen molar-refractivity contribution in [2.45, 2.75) is 103 Å². The normalized spacial score (nSPS) is 22.2. The fraction of sp³-hybridized carbons (Fsp3) is 0.469. The molecular weight excluding hydrogens is 813 g/mol. The Bertz CT molecular complexity index is 2800. The fourth-order valence-corrected chi connectivity index (χ4v) is 10.7. The lowest BCUT2D eigenvalue weighted by Crippen LogP contribution is -2.55. The second-order valence-corrected chi connectivity index (χ2v) is 19.3. The van der Waals surface area contributed by atoms with Gasteiger partial charge in [-0.2, -0.15) is 0 Å². The van der Waals surface area contributed by atoms with Crippen molar-refractivity contribution in [1.82, 2.24) is 40.4 Å². The van der Waals surface area contributed by atoms with Gasteiger partial charge in [0.15, 0.2) is 0 Å². The quantitative estimate of drug-likeness (QED) is 0.104. The van der Waals surface area contributed by atoms with E-state index in [1.54, 1.807) is 0 Å². The van der Waals surface area contributed by atoms with E-state index in [4.69, 9.17) is 23.9 Å². The highest BCUT2D eigenvalue weighted by Gasteiger charge is 2.55. The molecule has 4 amide bonds. The third-order valence-electron chi connectivity index (χ3n) is 14.4. The largest absolute Gasteiger partial charge is 0.456 e. The topological polar surface area (TPSA) is 188 Å². The van der Waals surface area contributed by atoms with Gasteiger partial charge in [0.1, 0.15) is 34.9 Å². The minimum atomic E-state index is -0.704. The molecule has 5 heterocycles. The molecule has 2 saturated heterocycles. The first-order chi connectivity index (χ1) is 30.8. The number of amides is 4. The number of aromatic nitrogens is 4. The average Bonchev–Trinajstić information content (AvgIpc) is 3.84. The monoisotopic (exact) mass is 868 g/mol. The zero-order chi connectivity index (χ0) is 44.6. The molecule has 4 aliphatic rings. The van der Waals surface area contributed by atoms with Crippen molar-refractivity contribution in [3.63, 3.8) is 0 Å². The predicted octanol–water partition coefficient (Wildman–Crippen LogP) is 8.78. The maximum Gasteiger partial charge on any atom is 0.407 e. The lowest BCUT2D eigenvalue weighted by Gasteiger charge is -2.42. The number of aromatic amines is 2.